The van der Waals surface area contributed by atoms with Gasteiger partial charge in [0, 0.05) is 17.2 Å². The van der Waals surface area contributed by atoms with Gasteiger partial charge in [-0.2, -0.15) is 0 Å². The van der Waals surface area contributed by atoms with Gasteiger partial charge in [0.05, 0.1) is 17.5 Å². The Labute approximate surface area is 127 Å². The van der Waals surface area contributed by atoms with Crippen LogP contribution in [0.25, 0.3) is 0 Å². The highest BCUT2D eigenvalue weighted by molar-refractivity contribution is 9.10. The number of amides is 1. The van der Waals surface area contributed by atoms with E-state index in [9.17, 15) is 9.90 Å². The number of rotatable bonds is 0. The lowest BCUT2D eigenvalue weighted by Gasteiger charge is -2.34. The number of nitrogens with zero attached hydrogens (tertiary/aromatic N) is 2. The molecular weight excluding hydrogens is 324 g/mol. The molecule has 2 heterocycles. The van der Waals surface area contributed by atoms with Crippen LogP contribution in [0.2, 0.25) is 0 Å². The Morgan fingerprint density at radius 3 is 2.80 bits per heavy atom. The van der Waals surface area contributed by atoms with Crippen molar-refractivity contribution < 1.29 is 14.6 Å². The quantitative estimate of drug-likeness (QED) is 0.785. The van der Waals surface area contributed by atoms with Gasteiger partial charge in [-0.05, 0) is 55.6 Å². The van der Waals surface area contributed by atoms with Gasteiger partial charge in [0.1, 0.15) is 5.60 Å². The van der Waals surface area contributed by atoms with E-state index in [2.05, 4.69) is 20.9 Å². The van der Waals surface area contributed by atoms with Gasteiger partial charge in [0.15, 0.2) is 0 Å². The summed E-state index contributed by atoms with van der Waals surface area (Å²) in [4.78, 5) is 18.1. The number of anilines is 1. The van der Waals surface area contributed by atoms with Gasteiger partial charge >= 0.3 is 6.09 Å². The van der Waals surface area contributed by atoms with Crippen LogP contribution in [0.15, 0.2) is 10.7 Å². The molecular formula is C14H19BrN2O3. The first-order chi connectivity index (χ1) is 9.20. The predicted molar refractivity (Wildman–Crippen MR) is 79.8 cm³/mol. The minimum atomic E-state index is -0.643. The van der Waals surface area contributed by atoms with Crippen LogP contribution < -0.4 is 4.90 Å². The maximum Gasteiger partial charge on any atom is 0.414 e. The molecule has 0 aromatic carbocycles. The van der Waals surface area contributed by atoms with Crippen molar-refractivity contribution in [2.45, 2.75) is 45.8 Å². The van der Waals surface area contributed by atoms with E-state index in [1.807, 2.05) is 27.7 Å². The lowest BCUT2D eigenvalue weighted by Crippen LogP contribution is -2.41. The molecule has 1 aliphatic heterocycles. The molecule has 0 radical (unpaired) electrons. The average molecular weight is 343 g/mol. The Balaban J connectivity index is 2.42. The average Bonchev–Trinajstić information content (AvgIpc) is 2.32. The summed E-state index contributed by atoms with van der Waals surface area (Å²) in [5.74, 6) is 0. The normalized spacial score (nSPS) is 18.7. The van der Waals surface area contributed by atoms with E-state index >= 15 is 0 Å². The fourth-order valence-corrected chi connectivity index (χ4v) is 2.46. The molecule has 1 unspecified atom stereocenters. The maximum absolute atomic E-state index is 12.3. The molecule has 6 heteroatoms. The molecule has 1 amide bonds. The number of halogens is 1. The lowest BCUT2D eigenvalue weighted by molar-refractivity contribution is 0.0563. The lowest BCUT2D eigenvalue weighted by atomic mass is 10.0. The maximum atomic E-state index is 12.3. The number of aliphatic hydroxyl groups excluding tert-OH is 1. The van der Waals surface area contributed by atoms with Crippen LogP contribution in [-0.2, 0) is 4.74 Å². The van der Waals surface area contributed by atoms with E-state index < -0.39 is 17.8 Å². The fourth-order valence-electron chi connectivity index (χ4n) is 2.17. The number of hydrogen-bond donors (Lipinski definition) is 1. The number of aliphatic hydroxyl groups is 1. The Morgan fingerprint density at radius 2 is 2.20 bits per heavy atom. The van der Waals surface area contributed by atoms with Crippen LogP contribution >= 0.6 is 15.9 Å². The molecule has 1 aromatic heterocycles. The largest absolute Gasteiger partial charge is 0.443 e. The van der Waals surface area contributed by atoms with E-state index in [1.165, 1.54) is 0 Å². The summed E-state index contributed by atoms with van der Waals surface area (Å²) in [6.45, 7) is 7.80. The van der Waals surface area contributed by atoms with E-state index in [4.69, 9.17) is 4.74 Å². The molecule has 1 aromatic rings. The summed E-state index contributed by atoms with van der Waals surface area (Å²) in [7, 11) is 0. The Bertz CT molecular complexity index is 540. The highest BCUT2D eigenvalue weighted by Gasteiger charge is 2.33. The molecule has 1 atom stereocenters. The zero-order chi connectivity index (χ0) is 15.1. The summed E-state index contributed by atoms with van der Waals surface area (Å²) in [5, 5.41) is 10.1. The number of carbonyl (C=O) groups excluding carboxylic acids is 1. The predicted octanol–water partition coefficient (Wildman–Crippen LogP) is 3.33. The van der Waals surface area contributed by atoms with Gasteiger partial charge in [0.2, 0.25) is 0 Å². The standard InChI is InChI=1S/C14H19BrN2O3/c1-8-9(15)7-16-11-10(18)5-6-17(12(8)11)13(19)20-14(2,3)4/h7,10,18H,5-6H2,1-4H3. The second kappa shape index (κ2) is 5.33. The molecule has 110 valence electrons. The molecule has 0 saturated heterocycles. The summed E-state index contributed by atoms with van der Waals surface area (Å²) in [6.07, 6.45) is 1.06. The van der Waals surface area contributed by atoms with E-state index in [1.54, 1.807) is 11.1 Å². The van der Waals surface area contributed by atoms with Gasteiger partial charge in [-0.25, -0.2) is 4.79 Å². The zero-order valence-electron chi connectivity index (χ0n) is 12.1. The number of ether oxygens (including phenoxy) is 1. The Kier molecular flexibility index (Phi) is 4.07. The van der Waals surface area contributed by atoms with Crippen molar-refractivity contribution >= 4 is 27.7 Å². The highest BCUT2D eigenvalue weighted by atomic mass is 79.9. The smallest absolute Gasteiger partial charge is 0.414 e. The van der Waals surface area contributed by atoms with Crippen LogP contribution in [0.3, 0.4) is 0 Å². The van der Waals surface area contributed by atoms with Crippen molar-refractivity contribution in [2.75, 3.05) is 11.4 Å². The van der Waals surface area contributed by atoms with Crippen LogP contribution in [-0.4, -0.2) is 28.3 Å². The molecule has 0 bridgehead atoms. The summed E-state index contributed by atoms with van der Waals surface area (Å²) in [5.41, 5.74) is 1.50. The van der Waals surface area contributed by atoms with Crippen molar-refractivity contribution in [3.05, 3.63) is 21.9 Å². The van der Waals surface area contributed by atoms with Crippen LogP contribution in [0.5, 0.6) is 0 Å². The minimum Gasteiger partial charge on any atom is -0.443 e. The third kappa shape index (κ3) is 2.96. The van der Waals surface area contributed by atoms with Gasteiger partial charge < -0.3 is 9.84 Å². The fraction of sp³-hybridized carbons (Fsp3) is 0.571. The van der Waals surface area contributed by atoms with Gasteiger partial charge in [-0.15, -0.1) is 0 Å². The number of hydrogen-bond acceptors (Lipinski definition) is 4. The Morgan fingerprint density at radius 1 is 1.55 bits per heavy atom. The Hall–Kier alpha value is -1.14. The first kappa shape index (κ1) is 15.3. The van der Waals surface area contributed by atoms with E-state index in [-0.39, 0.29) is 0 Å². The first-order valence-corrected chi connectivity index (χ1v) is 7.33. The minimum absolute atomic E-state index is 0.409. The molecule has 0 spiro atoms. The molecule has 2 rings (SSSR count). The van der Waals surface area contributed by atoms with Crippen LogP contribution in [0, 0.1) is 6.92 Å². The van der Waals surface area contributed by atoms with Crippen LogP contribution in [0.1, 0.15) is 44.6 Å². The third-order valence-electron chi connectivity index (χ3n) is 3.10. The molecule has 0 saturated carbocycles. The van der Waals surface area contributed by atoms with E-state index in [0.717, 1.165) is 10.0 Å². The monoisotopic (exact) mass is 342 g/mol. The molecule has 20 heavy (non-hydrogen) atoms. The molecule has 0 fully saturated rings. The summed E-state index contributed by atoms with van der Waals surface area (Å²) in [6, 6.07) is 0. The topological polar surface area (TPSA) is 62.7 Å². The zero-order valence-corrected chi connectivity index (χ0v) is 13.7. The molecule has 1 aliphatic rings. The van der Waals surface area contributed by atoms with Crippen LogP contribution in [0.4, 0.5) is 10.5 Å². The number of carbonyl (C=O) groups is 1. The number of aromatic nitrogens is 1. The third-order valence-corrected chi connectivity index (χ3v) is 3.90. The summed E-state index contributed by atoms with van der Waals surface area (Å²) >= 11 is 3.41. The van der Waals surface area contributed by atoms with Gasteiger partial charge in [-0.1, -0.05) is 0 Å². The van der Waals surface area contributed by atoms with Crippen molar-refractivity contribution in [1.82, 2.24) is 4.98 Å². The second-order valence-electron chi connectivity index (χ2n) is 5.90. The highest BCUT2D eigenvalue weighted by Crippen LogP contribution is 2.38. The van der Waals surface area contributed by atoms with Crippen molar-refractivity contribution in [2.24, 2.45) is 0 Å². The first-order valence-electron chi connectivity index (χ1n) is 6.54. The molecule has 0 aliphatic carbocycles. The number of pyridine rings is 1. The molecule has 1 N–H and O–H groups in total. The van der Waals surface area contributed by atoms with E-state index in [0.29, 0.717) is 24.3 Å². The number of fused-ring (bicyclic) bond motifs is 1. The molecule has 5 nitrogen and oxygen atoms in total. The SMILES string of the molecule is Cc1c(Br)cnc2c1N(C(=O)OC(C)(C)C)CCC2O. The van der Waals surface area contributed by atoms with Crippen molar-refractivity contribution in [3.8, 4) is 0 Å². The van der Waals surface area contributed by atoms with Gasteiger partial charge in [-0.3, -0.25) is 9.88 Å². The second-order valence-corrected chi connectivity index (χ2v) is 6.76. The summed E-state index contributed by atoms with van der Waals surface area (Å²) < 4.78 is 6.23. The van der Waals surface area contributed by atoms with Gasteiger partial charge in [0.25, 0.3) is 0 Å². The van der Waals surface area contributed by atoms with Crippen molar-refractivity contribution in [1.29, 1.82) is 0 Å². The van der Waals surface area contributed by atoms with Crippen molar-refractivity contribution in [3.63, 3.8) is 0 Å².